The number of hydrogen-bond acceptors (Lipinski definition) is 0. The fourth-order valence-corrected chi connectivity index (χ4v) is 3.90. The fourth-order valence-electron chi connectivity index (χ4n) is 3.90. The summed E-state index contributed by atoms with van der Waals surface area (Å²) >= 11 is 0. The molecule has 4 bridgehead atoms. The molecule has 0 N–H and O–H groups in total. The lowest BCUT2D eigenvalue weighted by atomic mass is 9.90. The van der Waals surface area contributed by atoms with Crippen LogP contribution in [0.25, 0.3) is 0 Å². The highest BCUT2D eigenvalue weighted by molar-refractivity contribution is 5.44. The summed E-state index contributed by atoms with van der Waals surface area (Å²) in [5.74, 6) is 5.30. The summed E-state index contributed by atoms with van der Waals surface area (Å²) in [6, 6.07) is 7.10. The Bertz CT molecular complexity index is 367. The van der Waals surface area contributed by atoms with Crippen molar-refractivity contribution in [2.24, 2.45) is 23.7 Å². The maximum atomic E-state index is 12.8. The third kappa shape index (κ3) is 0.727. The normalized spacial score (nSPS) is 41.9. The molecule has 0 aliphatic heterocycles. The molecule has 70 valence electrons. The van der Waals surface area contributed by atoms with E-state index < -0.39 is 0 Å². The molecule has 0 aromatic heterocycles. The van der Waals surface area contributed by atoms with Crippen molar-refractivity contribution in [3.05, 3.63) is 41.6 Å². The summed E-state index contributed by atoms with van der Waals surface area (Å²) in [4.78, 5) is 0. The van der Waals surface area contributed by atoms with Crippen molar-refractivity contribution < 1.29 is 4.39 Å². The zero-order valence-electron chi connectivity index (χ0n) is 7.91. The highest BCUT2D eigenvalue weighted by Gasteiger charge is 2.72. The first-order chi connectivity index (χ1) is 6.84. The smallest absolute Gasteiger partial charge is 0.149 e. The molecule has 0 saturated heterocycles. The Balaban J connectivity index is 1.73. The first-order valence-corrected chi connectivity index (χ1v) is 5.47. The van der Waals surface area contributed by atoms with Gasteiger partial charge < -0.3 is 0 Å². The van der Waals surface area contributed by atoms with Crippen molar-refractivity contribution in [1.29, 1.82) is 0 Å². The minimum absolute atomic E-state index is 0.118. The molecular weight excluding hydrogens is 175 g/mol. The van der Waals surface area contributed by atoms with Crippen LogP contribution in [0.3, 0.4) is 0 Å². The molecule has 1 heteroatoms. The average Bonchev–Trinajstić information content (AvgIpc) is 2.63. The summed E-state index contributed by atoms with van der Waals surface area (Å²) in [5, 5.41) is 0. The molecule has 2 unspecified atom stereocenters. The Hall–Kier alpha value is -0.980. The van der Waals surface area contributed by atoms with Gasteiger partial charge in [0.2, 0.25) is 0 Å². The standard InChI is InChI=1S/C13H12F/c14-9-3-1-7(2-4-9)12-8-5-10-11(6-8)13(10)12/h1-4,8,10-11,13H,5-6H2/q+1. The summed E-state index contributed by atoms with van der Waals surface area (Å²) in [5.41, 5.74) is 1.31. The van der Waals surface area contributed by atoms with Crippen molar-refractivity contribution in [1.82, 2.24) is 0 Å². The van der Waals surface area contributed by atoms with E-state index in [1.165, 1.54) is 18.4 Å². The van der Waals surface area contributed by atoms with Crippen LogP contribution in [0.15, 0.2) is 24.3 Å². The molecule has 0 spiro atoms. The molecule has 5 rings (SSSR count). The van der Waals surface area contributed by atoms with E-state index in [-0.39, 0.29) is 5.82 Å². The van der Waals surface area contributed by atoms with Gasteiger partial charge in [-0.3, -0.25) is 0 Å². The highest BCUT2D eigenvalue weighted by atomic mass is 19.1. The molecule has 4 fully saturated rings. The number of halogens is 1. The van der Waals surface area contributed by atoms with Crippen molar-refractivity contribution in [3.63, 3.8) is 0 Å². The van der Waals surface area contributed by atoms with E-state index in [0.29, 0.717) is 0 Å². The minimum atomic E-state index is -0.118. The van der Waals surface area contributed by atoms with Crippen LogP contribution in [0.1, 0.15) is 18.4 Å². The van der Waals surface area contributed by atoms with Gasteiger partial charge in [-0.2, -0.15) is 0 Å². The van der Waals surface area contributed by atoms with E-state index >= 15 is 0 Å². The van der Waals surface area contributed by atoms with Crippen molar-refractivity contribution in [2.45, 2.75) is 12.8 Å². The van der Waals surface area contributed by atoms with Crippen molar-refractivity contribution in [3.8, 4) is 0 Å². The molecule has 0 radical (unpaired) electrons. The van der Waals surface area contributed by atoms with Gasteiger partial charge in [-0.25, -0.2) is 4.39 Å². The molecule has 0 heterocycles. The van der Waals surface area contributed by atoms with Crippen LogP contribution in [-0.2, 0) is 0 Å². The van der Waals surface area contributed by atoms with E-state index in [0.717, 1.165) is 23.7 Å². The SMILES string of the molecule is Fc1ccc([C+]2C3CC4C(C3)C24)cc1. The second kappa shape index (κ2) is 2.16. The lowest BCUT2D eigenvalue weighted by Crippen LogP contribution is -2.03. The third-order valence-electron chi connectivity index (χ3n) is 4.42. The van der Waals surface area contributed by atoms with Gasteiger partial charge in [0.15, 0.2) is 0 Å². The molecule has 1 aromatic rings. The Morgan fingerprint density at radius 1 is 1.07 bits per heavy atom. The van der Waals surface area contributed by atoms with Crippen molar-refractivity contribution in [2.75, 3.05) is 0 Å². The van der Waals surface area contributed by atoms with Crippen LogP contribution in [0.4, 0.5) is 4.39 Å². The van der Waals surface area contributed by atoms with E-state index in [2.05, 4.69) is 0 Å². The second-order valence-corrected chi connectivity index (χ2v) is 4.98. The predicted molar refractivity (Wildman–Crippen MR) is 51.9 cm³/mol. The molecular formula is C13H12F+. The number of rotatable bonds is 1. The molecule has 2 atom stereocenters. The molecule has 4 aliphatic rings. The molecule has 0 amide bonds. The van der Waals surface area contributed by atoms with Gasteiger partial charge in [0.05, 0.1) is 0 Å². The molecule has 0 nitrogen and oxygen atoms in total. The van der Waals surface area contributed by atoms with E-state index in [1.807, 2.05) is 12.1 Å². The molecule has 4 saturated carbocycles. The van der Waals surface area contributed by atoms with Gasteiger partial charge in [-0.05, 0) is 24.7 Å². The summed E-state index contributed by atoms with van der Waals surface area (Å²) < 4.78 is 12.8. The van der Waals surface area contributed by atoms with E-state index in [9.17, 15) is 4.39 Å². The number of benzene rings is 1. The van der Waals surface area contributed by atoms with Gasteiger partial charge in [0.25, 0.3) is 0 Å². The maximum Gasteiger partial charge on any atom is 0.149 e. The fraction of sp³-hybridized carbons (Fsp3) is 0.462. The molecule has 14 heavy (non-hydrogen) atoms. The van der Waals surface area contributed by atoms with Crippen LogP contribution >= 0.6 is 0 Å². The minimum Gasteiger partial charge on any atom is -0.204 e. The third-order valence-corrected chi connectivity index (χ3v) is 4.42. The monoisotopic (exact) mass is 187 g/mol. The van der Waals surface area contributed by atoms with Crippen LogP contribution in [0.2, 0.25) is 0 Å². The van der Waals surface area contributed by atoms with Crippen LogP contribution in [0.5, 0.6) is 0 Å². The van der Waals surface area contributed by atoms with Gasteiger partial charge in [0, 0.05) is 42.0 Å². The Morgan fingerprint density at radius 3 is 2.21 bits per heavy atom. The van der Waals surface area contributed by atoms with E-state index in [4.69, 9.17) is 0 Å². The summed E-state index contributed by atoms with van der Waals surface area (Å²) in [7, 11) is 0. The van der Waals surface area contributed by atoms with Crippen LogP contribution in [-0.4, -0.2) is 0 Å². The van der Waals surface area contributed by atoms with Gasteiger partial charge in [-0.15, -0.1) is 0 Å². The topological polar surface area (TPSA) is 0 Å². The largest absolute Gasteiger partial charge is 0.204 e. The summed E-state index contributed by atoms with van der Waals surface area (Å²) in [6.45, 7) is 0. The average molecular weight is 187 g/mol. The lowest BCUT2D eigenvalue weighted by molar-refractivity contribution is 0.623. The predicted octanol–water partition coefficient (Wildman–Crippen LogP) is 3.03. The van der Waals surface area contributed by atoms with Crippen LogP contribution < -0.4 is 0 Å². The Kier molecular flexibility index (Phi) is 1.13. The first kappa shape index (κ1) is 7.33. The first-order valence-electron chi connectivity index (χ1n) is 5.47. The van der Waals surface area contributed by atoms with Gasteiger partial charge in [0.1, 0.15) is 11.4 Å². The van der Waals surface area contributed by atoms with E-state index in [1.54, 1.807) is 18.1 Å². The van der Waals surface area contributed by atoms with Crippen molar-refractivity contribution >= 4 is 0 Å². The Morgan fingerprint density at radius 2 is 1.71 bits per heavy atom. The van der Waals surface area contributed by atoms with Gasteiger partial charge in [-0.1, -0.05) is 0 Å². The zero-order chi connectivity index (χ0) is 9.28. The highest BCUT2D eigenvalue weighted by Crippen LogP contribution is 2.75. The summed E-state index contributed by atoms with van der Waals surface area (Å²) in [6.07, 6.45) is 2.84. The zero-order valence-corrected chi connectivity index (χ0v) is 7.91. The van der Waals surface area contributed by atoms with Crippen LogP contribution in [0, 0.1) is 35.4 Å². The van der Waals surface area contributed by atoms with Gasteiger partial charge >= 0.3 is 0 Å². The second-order valence-electron chi connectivity index (χ2n) is 4.98. The Labute approximate surface area is 83.1 Å². The number of hydrogen-bond donors (Lipinski definition) is 0. The lowest BCUT2D eigenvalue weighted by Gasteiger charge is -2.07. The molecule has 4 aliphatic carbocycles. The quantitative estimate of drug-likeness (QED) is 0.593. The molecule has 1 aromatic carbocycles. The maximum absolute atomic E-state index is 12.8.